The SMILES string of the molecule is CCCCCCCC/C=C\CCCCCCCC(=O)OCC(C)COCC. The lowest BCUT2D eigenvalue weighted by Crippen LogP contribution is -2.16. The van der Waals surface area contributed by atoms with Crippen molar-refractivity contribution in [1.29, 1.82) is 0 Å². The van der Waals surface area contributed by atoms with Gasteiger partial charge in [0.15, 0.2) is 0 Å². The van der Waals surface area contributed by atoms with Crippen LogP contribution in [-0.4, -0.2) is 25.8 Å². The molecule has 1 unspecified atom stereocenters. The molecule has 0 N–H and O–H groups in total. The van der Waals surface area contributed by atoms with Crippen molar-refractivity contribution in [1.82, 2.24) is 0 Å². The van der Waals surface area contributed by atoms with Crippen LogP contribution in [-0.2, 0) is 14.3 Å². The molecule has 0 aromatic rings. The van der Waals surface area contributed by atoms with Crippen molar-refractivity contribution in [2.24, 2.45) is 5.92 Å². The van der Waals surface area contributed by atoms with Crippen LogP contribution in [0.5, 0.6) is 0 Å². The van der Waals surface area contributed by atoms with Crippen LogP contribution in [0.25, 0.3) is 0 Å². The maximum absolute atomic E-state index is 11.7. The maximum Gasteiger partial charge on any atom is 0.305 e. The predicted octanol–water partition coefficient (Wildman–Crippen LogP) is 7.24. The van der Waals surface area contributed by atoms with Crippen molar-refractivity contribution in [3.63, 3.8) is 0 Å². The molecule has 0 aromatic heterocycles. The smallest absolute Gasteiger partial charge is 0.305 e. The largest absolute Gasteiger partial charge is 0.465 e. The lowest BCUT2D eigenvalue weighted by molar-refractivity contribution is -0.145. The molecule has 0 saturated heterocycles. The Labute approximate surface area is 169 Å². The minimum absolute atomic E-state index is 0.0593. The Kier molecular flexibility index (Phi) is 20.8. The van der Waals surface area contributed by atoms with E-state index in [-0.39, 0.29) is 11.9 Å². The standard InChI is InChI=1S/C24H46O3/c1-4-6-7-8-9-10-11-12-13-14-15-16-17-18-19-20-24(25)27-22-23(3)21-26-5-2/h12-13,23H,4-11,14-22H2,1-3H3/b13-12-. The average molecular weight is 383 g/mol. The summed E-state index contributed by atoms with van der Waals surface area (Å²) in [4.78, 5) is 11.7. The molecule has 0 amide bonds. The molecule has 0 aliphatic heterocycles. The van der Waals surface area contributed by atoms with Crippen LogP contribution in [0.1, 0.15) is 111 Å². The van der Waals surface area contributed by atoms with Gasteiger partial charge in [0, 0.05) is 18.9 Å². The Morgan fingerprint density at radius 2 is 1.33 bits per heavy atom. The third-order valence-corrected chi connectivity index (χ3v) is 4.78. The van der Waals surface area contributed by atoms with Crippen molar-refractivity contribution in [3.8, 4) is 0 Å². The highest BCUT2D eigenvalue weighted by molar-refractivity contribution is 5.69. The first kappa shape index (κ1) is 26.2. The lowest BCUT2D eigenvalue weighted by Gasteiger charge is -2.11. The summed E-state index contributed by atoms with van der Waals surface area (Å²) in [5, 5.41) is 0. The van der Waals surface area contributed by atoms with Gasteiger partial charge in [0.05, 0.1) is 13.2 Å². The van der Waals surface area contributed by atoms with Gasteiger partial charge in [-0.05, 0) is 39.0 Å². The van der Waals surface area contributed by atoms with E-state index in [2.05, 4.69) is 19.1 Å². The van der Waals surface area contributed by atoms with E-state index >= 15 is 0 Å². The summed E-state index contributed by atoms with van der Waals surface area (Å²) < 4.78 is 10.6. The first-order chi connectivity index (χ1) is 13.2. The summed E-state index contributed by atoms with van der Waals surface area (Å²) >= 11 is 0. The highest BCUT2D eigenvalue weighted by Crippen LogP contribution is 2.10. The third-order valence-electron chi connectivity index (χ3n) is 4.78. The highest BCUT2D eigenvalue weighted by Gasteiger charge is 2.07. The van der Waals surface area contributed by atoms with E-state index in [1.54, 1.807) is 0 Å². The number of carbonyl (C=O) groups excluding carboxylic acids is 1. The zero-order valence-corrected chi connectivity index (χ0v) is 18.5. The molecule has 0 fully saturated rings. The lowest BCUT2D eigenvalue weighted by atomic mass is 10.1. The first-order valence-corrected chi connectivity index (χ1v) is 11.6. The van der Waals surface area contributed by atoms with Crippen molar-refractivity contribution >= 4 is 5.97 Å². The van der Waals surface area contributed by atoms with E-state index in [9.17, 15) is 4.79 Å². The summed E-state index contributed by atoms with van der Waals surface area (Å²) in [6, 6.07) is 0. The second-order valence-electron chi connectivity index (χ2n) is 7.78. The summed E-state index contributed by atoms with van der Waals surface area (Å²) in [6.45, 7) is 8.15. The van der Waals surface area contributed by atoms with E-state index in [0.29, 0.717) is 26.2 Å². The second kappa shape index (κ2) is 21.5. The van der Waals surface area contributed by atoms with Gasteiger partial charge < -0.3 is 9.47 Å². The average Bonchev–Trinajstić information content (AvgIpc) is 2.67. The molecule has 0 aliphatic rings. The van der Waals surface area contributed by atoms with Crippen LogP contribution in [0.3, 0.4) is 0 Å². The zero-order chi connectivity index (χ0) is 20.0. The van der Waals surface area contributed by atoms with Crippen LogP contribution in [0.15, 0.2) is 12.2 Å². The molecule has 0 spiro atoms. The van der Waals surface area contributed by atoms with Crippen LogP contribution >= 0.6 is 0 Å². The normalized spacial score (nSPS) is 12.6. The van der Waals surface area contributed by atoms with Crippen molar-refractivity contribution < 1.29 is 14.3 Å². The van der Waals surface area contributed by atoms with Gasteiger partial charge in [0.1, 0.15) is 0 Å². The molecule has 160 valence electrons. The van der Waals surface area contributed by atoms with Crippen LogP contribution < -0.4 is 0 Å². The van der Waals surface area contributed by atoms with E-state index in [0.717, 1.165) is 12.8 Å². The fourth-order valence-electron chi connectivity index (χ4n) is 3.01. The summed E-state index contributed by atoms with van der Waals surface area (Å²) in [7, 11) is 0. The molecule has 1 atom stereocenters. The molecule has 0 aromatic carbocycles. The number of unbranched alkanes of at least 4 members (excludes halogenated alkanes) is 11. The number of hydrogen-bond donors (Lipinski definition) is 0. The second-order valence-corrected chi connectivity index (χ2v) is 7.78. The number of carbonyl (C=O) groups is 1. The minimum Gasteiger partial charge on any atom is -0.465 e. The molecule has 3 nitrogen and oxygen atoms in total. The van der Waals surface area contributed by atoms with Gasteiger partial charge in [-0.1, -0.05) is 77.4 Å². The molecule has 27 heavy (non-hydrogen) atoms. The van der Waals surface area contributed by atoms with Gasteiger partial charge in [0.25, 0.3) is 0 Å². The Morgan fingerprint density at radius 3 is 1.93 bits per heavy atom. The molecule has 3 heteroatoms. The zero-order valence-electron chi connectivity index (χ0n) is 18.5. The molecular weight excluding hydrogens is 336 g/mol. The van der Waals surface area contributed by atoms with E-state index in [1.807, 2.05) is 13.8 Å². The van der Waals surface area contributed by atoms with Crippen LogP contribution in [0.4, 0.5) is 0 Å². The first-order valence-electron chi connectivity index (χ1n) is 11.6. The van der Waals surface area contributed by atoms with Gasteiger partial charge in [-0.25, -0.2) is 0 Å². The molecule has 0 saturated carbocycles. The number of esters is 1. The Bertz CT molecular complexity index is 339. The van der Waals surface area contributed by atoms with Crippen LogP contribution in [0, 0.1) is 5.92 Å². The van der Waals surface area contributed by atoms with E-state index in [1.165, 1.54) is 70.6 Å². The number of rotatable bonds is 20. The van der Waals surface area contributed by atoms with Crippen molar-refractivity contribution in [2.45, 2.75) is 111 Å². The molecule has 0 aliphatic carbocycles. The van der Waals surface area contributed by atoms with Crippen molar-refractivity contribution in [3.05, 3.63) is 12.2 Å². The Hall–Kier alpha value is -0.830. The van der Waals surface area contributed by atoms with Gasteiger partial charge >= 0.3 is 5.97 Å². The predicted molar refractivity (Wildman–Crippen MR) is 116 cm³/mol. The van der Waals surface area contributed by atoms with Gasteiger partial charge in [-0.2, -0.15) is 0 Å². The van der Waals surface area contributed by atoms with Gasteiger partial charge in [-0.3, -0.25) is 4.79 Å². The summed E-state index contributed by atoms with van der Waals surface area (Å²) in [5.41, 5.74) is 0. The fourth-order valence-corrected chi connectivity index (χ4v) is 3.01. The molecular formula is C24H46O3. The van der Waals surface area contributed by atoms with Crippen LogP contribution in [0.2, 0.25) is 0 Å². The van der Waals surface area contributed by atoms with E-state index < -0.39 is 0 Å². The minimum atomic E-state index is -0.0593. The maximum atomic E-state index is 11.7. The summed E-state index contributed by atoms with van der Waals surface area (Å²) in [6.07, 6.45) is 21.8. The third kappa shape index (κ3) is 21.3. The van der Waals surface area contributed by atoms with E-state index in [4.69, 9.17) is 9.47 Å². The summed E-state index contributed by atoms with van der Waals surface area (Å²) in [5.74, 6) is 0.221. The topological polar surface area (TPSA) is 35.5 Å². The molecule has 0 bridgehead atoms. The molecule has 0 radical (unpaired) electrons. The fraction of sp³-hybridized carbons (Fsp3) is 0.875. The molecule has 0 heterocycles. The van der Waals surface area contributed by atoms with Crippen molar-refractivity contribution in [2.75, 3.05) is 19.8 Å². The number of ether oxygens (including phenoxy) is 2. The van der Waals surface area contributed by atoms with Gasteiger partial charge in [-0.15, -0.1) is 0 Å². The monoisotopic (exact) mass is 382 g/mol. The Balaban J connectivity index is 3.27. The van der Waals surface area contributed by atoms with Gasteiger partial charge in [0.2, 0.25) is 0 Å². The quantitative estimate of drug-likeness (QED) is 0.126. The highest BCUT2D eigenvalue weighted by atomic mass is 16.5. The Morgan fingerprint density at radius 1 is 0.778 bits per heavy atom. The number of allylic oxidation sites excluding steroid dienone is 2. The number of hydrogen-bond acceptors (Lipinski definition) is 3. The molecule has 0 rings (SSSR count).